The van der Waals surface area contributed by atoms with Crippen molar-refractivity contribution in [1.29, 1.82) is 0 Å². The Morgan fingerprint density at radius 2 is 1.96 bits per heavy atom. The second kappa shape index (κ2) is 7.92. The Bertz CT molecular complexity index is 615. The Morgan fingerprint density at radius 3 is 2.46 bits per heavy atom. The summed E-state index contributed by atoms with van der Waals surface area (Å²) in [6, 6.07) is -0.594. The lowest BCUT2D eigenvalue weighted by Gasteiger charge is -2.36. The maximum atomic E-state index is 12.6. The van der Waals surface area contributed by atoms with Gasteiger partial charge in [-0.2, -0.15) is 0 Å². The first-order valence-corrected chi connectivity index (χ1v) is 8.22. The van der Waals surface area contributed by atoms with E-state index in [1.54, 1.807) is 34.6 Å². The van der Waals surface area contributed by atoms with Crippen LogP contribution in [0.3, 0.4) is 0 Å². The van der Waals surface area contributed by atoms with Gasteiger partial charge in [0, 0.05) is 22.9 Å². The molecule has 0 spiro atoms. The Morgan fingerprint density at radius 1 is 1.33 bits per heavy atom. The van der Waals surface area contributed by atoms with E-state index in [9.17, 15) is 9.59 Å². The predicted molar refractivity (Wildman–Crippen MR) is 91.9 cm³/mol. The summed E-state index contributed by atoms with van der Waals surface area (Å²) in [5.74, 6) is 7.35. The summed E-state index contributed by atoms with van der Waals surface area (Å²) in [4.78, 5) is 27.9. The third-order valence-electron chi connectivity index (χ3n) is 3.08. The molecule has 1 heterocycles. The SMILES string of the molecule is CC(=O)O[C@H](C#CC#CBr)[C@@H]1COC(C)(C)N1C(=O)OC(C)(C)C. The van der Waals surface area contributed by atoms with E-state index < -0.39 is 35.5 Å². The molecule has 1 fully saturated rings. The van der Waals surface area contributed by atoms with Gasteiger partial charge in [-0.25, -0.2) is 4.79 Å². The lowest BCUT2D eigenvalue weighted by molar-refractivity contribution is -0.146. The minimum atomic E-state index is -0.909. The zero-order chi connectivity index (χ0) is 18.5. The Balaban J connectivity index is 3.15. The average Bonchev–Trinajstić information content (AvgIpc) is 2.71. The van der Waals surface area contributed by atoms with Crippen molar-refractivity contribution < 1.29 is 23.8 Å². The summed E-state index contributed by atoms with van der Waals surface area (Å²) in [7, 11) is 0. The smallest absolute Gasteiger partial charge is 0.413 e. The second-order valence-corrected chi connectivity index (χ2v) is 7.09. The lowest BCUT2D eigenvalue weighted by Crippen LogP contribution is -2.53. The number of nitrogens with zero attached hydrogens (tertiary/aromatic N) is 1. The van der Waals surface area contributed by atoms with Gasteiger partial charge >= 0.3 is 12.1 Å². The summed E-state index contributed by atoms with van der Waals surface area (Å²) in [5.41, 5.74) is -1.57. The maximum absolute atomic E-state index is 12.6. The van der Waals surface area contributed by atoms with Crippen LogP contribution in [0.2, 0.25) is 0 Å². The van der Waals surface area contributed by atoms with Crippen molar-refractivity contribution in [3.05, 3.63) is 0 Å². The summed E-state index contributed by atoms with van der Waals surface area (Å²) < 4.78 is 16.4. The summed E-state index contributed by atoms with van der Waals surface area (Å²) in [6.45, 7) is 10.3. The van der Waals surface area contributed by atoms with Crippen LogP contribution in [0.1, 0.15) is 41.5 Å². The van der Waals surface area contributed by atoms with Crippen LogP contribution in [0.15, 0.2) is 0 Å². The number of esters is 1. The van der Waals surface area contributed by atoms with E-state index in [1.165, 1.54) is 11.8 Å². The molecular formula is C17H22BrNO5. The zero-order valence-electron chi connectivity index (χ0n) is 14.7. The molecule has 0 aromatic heterocycles. The van der Waals surface area contributed by atoms with E-state index in [0.29, 0.717) is 0 Å². The first-order valence-electron chi connectivity index (χ1n) is 7.42. The fraction of sp³-hybridized carbons (Fsp3) is 0.647. The first-order chi connectivity index (χ1) is 11.0. The third-order valence-corrected chi connectivity index (χ3v) is 3.27. The van der Waals surface area contributed by atoms with Crippen molar-refractivity contribution in [1.82, 2.24) is 4.90 Å². The van der Waals surface area contributed by atoms with Crippen LogP contribution >= 0.6 is 15.9 Å². The van der Waals surface area contributed by atoms with Gasteiger partial charge in [0.15, 0.2) is 6.10 Å². The van der Waals surface area contributed by atoms with E-state index in [-0.39, 0.29) is 6.61 Å². The summed E-state index contributed by atoms with van der Waals surface area (Å²) in [6.07, 6.45) is -1.43. The molecule has 1 amide bonds. The average molecular weight is 400 g/mol. The quantitative estimate of drug-likeness (QED) is 0.527. The van der Waals surface area contributed by atoms with E-state index in [4.69, 9.17) is 14.2 Å². The number of carbonyl (C=O) groups is 2. The molecule has 1 aliphatic rings. The van der Waals surface area contributed by atoms with Crippen LogP contribution in [0.4, 0.5) is 4.79 Å². The van der Waals surface area contributed by atoms with E-state index in [2.05, 4.69) is 38.5 Å². The van der Waals surface area contributed by atoms with E-state index in [0.717, 1.165) is 0 Å². The van der Waals surface area contributed by atoms with Crippen molar-refractivity contribution in [2.45, 2.75) is 65.0 Å². The van der Waals surface area contributed by atoms with Crippen molar-refractivity contribution >= 4 is 28.0 Å². The van der Waals surface area contributed by atoms with Gasteiger partial charge in [0.25, 0.3) is 0 Å². The van der Waals surface area contributed by atoms with Crippen molar-refractivity contribution in [3.63, 3.8) is 0 Å². The fourth-order valence-corrected chi connectivity index (χ4v) is 2.33. The zero-order valence-corrected chi connectivity index (χ0v) is 16.3. The summed E-state index contributed by atoms with van der Waals surface area (Å²) in [5, 5.41) is 0. The molecule has 0 aromatic rings. The van der Waals surface area contributed by atoms with Crippen molar-refractivity contribution in [2.75, 3.05) is 6.61 Å². The Labute approximate surface area is 151 Å². The number of hydrogen-bond acceptors (Lipinski definition) is 5. The Kier molecular flexibility index (Phi) is 6.71. The van der Waals surface area contributed by atoms with Gasteiger partial charge in [-0.3, -0.25) is 9.69 Å². The van der Waals surface area contributed by atoms with Gasteiger partial charge in [0.05, 0.1) is 6.61 Å². The van der Waals surface area contributed by atoms with Gasteiger partial charge in [-0.15, -0.1) is 0 Å². The number of rotatable bonds is 2. The standard InChI is InChI=1S/C17H22BrNO5/c1-12(20)23-14(9-7-8-10-18)13-11-22-17(5,6)19(13)15(21)24-16(2,3)4/h13-14H,11H2,1-6H3/t13-,14+/m0/s1. The molecule has 1 saturated heterocycles. The first kappa shape index (κ1) is 20.3. The summed E-state index contributed by atoms with van der Waals surface area (Å²) >= 11 is 2.94. The number of hydrogen-bond donors (Lipinski definition) is 0. The molecule has 0 unspecified atom stereocenters. The maximum Gasteiger partial charge on any atom is 0.413 e. The highest BCUT2D eigenvalue weighted by Crippen LogP contribution is 2.31. The minimum Gasteiger partial charge on any atom is -0.447 e. The van der Waals surface area contributed by atoms with Crippen LogP contribution in [-0.4, -0.2) is 47.0 Å². The molecule has 24 heavy (non-hydrogen) atoms. The monoisotopic (exact) mass is 399 g/mol. The van der Waals surface area contributed by atoms with Gasteiger partial charge in [0.2, 0.25) is 0 Å². The normalized spacial score (nSPS) is 20.1. The van der Waals surface area contributed by atoms with Gasteiger partial charge in [-0.05, 0) is 57.2 Å². The molecule has 132 valence electrons. The minimum absolute atomic E-state index is 0.167. The fourth-order valence-electron chi connectivity index (χ4n) is 2.24. The van der Waals surface area contributed by atoms with Crippen LogP contribution in [0.25, 0.3) is 0 Å². The molecule has 0 saturated carbocycles. The van der Waals surface area contributed by atoms with E-state index in [1.807, 2.05) is 0 Å². The molecule has 1 aliphatic heterocycles. The molecule has 2 atom stereocenters. The molecule has 0 aromatic carbocycles. The number of ether oxygens (including phenoxy) is 3. The second-order valence-electron chi connectivity index (χ2n) is 6.69. The van der Waals surface area contributed by atoms with Crippen LogP contribution in [0.5, 0.6) is 0 Å². The van der Waals surface area contributed by atoms with Crippen LogP contribution in [0, 0.1) is 22.6 Å². The highest BCUT2D eigenvalue weighted by atomic mass is 79.9. The van der Waals surface area contributed by atoms with Crippen molar-refractivity contribution in [3.8, 4) is 22.6 Å². The van der Waals surface area contributed by atoms with Gasteiger partial charge in [0.1, 0.15) is 17.4 Å². The number of carbonyl (C=O) groups excluding carboxylic acids is 2. The predicted octanol–water partition coefficient (Wildman–Crippen LogP) is 2.65. The molecule has 0 radical (unpaired) electrons. The largest absolute Gasteiger partial charge is 0.447 e. The van der Waals surface area contributed by atoms with Crippen molar-refractivity contribution in [2.24, 2.45) is 0 Å². The highest BCUT2D eigenvalue weighted by molar-refractivity contribution is 9.12. The molecule has 0 N–H and O–H groups in total. The topological polar surface area (TPSA) is 65.1 Å². The molecular weight excluding hydrogens is 378 g/mol. The van der Waals surface area contributed by atoms with Gasteiger partial charge in [-0.1, -0.05) is 0 Å². The Hall–Kier alpha value is -1.70. The molecule has 0 bridgehead atoms. The number of halogens is 1. The number of amides is 1. The lowest BCUT2D eigenvalue weighted by atomic mass is 10.1. The molecule has 0 aliphatic carbocycles. The third kappa shape index (κ3) is 5.74. The molecule has 6 nitrogen and oxygen atoms in total. The van der Waals surface area contributed by atoms with E-state index >= 15 is 0 Å². The van der Waals surface area contributed by atoms with Crippen LogP contribution < -0.4 is 0 Å². The van der Waals surface area contributed by atoms with Gasteiger partial charge < -0.3 is 14.2 Å². The molecule has 1 rings (SSSR count). The molecule has 7 heteroatoms. The highest BCUT2D eigenvalue weighted by Gasteiger charge is 2.49. The van der Waals surface area contributed by atoms with Crippen LogP contribution in [-0.2, 0) is 19.0 Å².